The summed E-state index contributed by atoms with van der Waals surface area (Å²) in [7, 11) is 1.57. The van der Waals surface area contributed by atoms with Gasteiger partial charge in [-0.1, -0.05) is 6.07 Å². The van der Waals surface area contributed by atoms with Gasteiger partial charge in [0.1, 0.15) is 11.9 Å². The molecule has 2 rings (SSSR count). The number of nitrogens with two attached hydrogens (primary N) is 1. The van der Waals surface area contributed by atoms with Gasteiger partial charge in [-0.25, -0.2) is 0 Å². The first kappa shape index (κ1) is 13.8. The Morgan fingerprint density at radius 2 is 2.37 bits per heavy atom. The lowest BCUT2D eigenvalue weighted by molar-refractivity contribution is -0.129. The van der Waals surface area contributed by atoms with Gasteiger partial charge in [0.25, 0.3) is 5.91 Å². The van der Waals surface area contributed by atoms with Gasteiger partial charge < -0.3 is 20.5 Å². The van der Waals surface area contributed by atoms with Crippen LogP contribution >= 0.6 is 0 Å². The molecule has 1 heterocycles. The maximum Gasteiger partial charge on any atom is 0.253 e. The zero-order valence-electron chi connectivity index (χ0n) is 11.1. The molecule has 1 saturated heterocycles. The standard InChI is InChI=1S/C14H20N2O3/c1-18-13-8-10(9-15)5-6-11(13)16-14(17)12-4-2-3-7-19-12/h5-6,8,12H,2-4,7,9,15H2,1H3,(H,16,17). The summed E-state index contributed by atoms with van der Waals surface area (Å²) >= 11 is 0. The van der Waals surface area contributed by atoms with Gasteiger partial charge in [0.05, 0.1) is 12.8 Å². The summed E-state index contributed by atoms with van der Waals surface area (Å²) in [5, 5.41) is 2.85. The molecule has 1 fully saturated rings. The van der Waals surface area contributed by atoms with Crippen molar-refractivity contribution in [2.24, 2.45) is 5.73 Å². The number of benzene rings is 1. The summed E-state index contributed by atoms with van der Waals surface area (Å²) in [5.41, 5.74) is 7.19. The maximum atomic E-state index is 12.1. The second kappa shape index (κ2) is 6.54. The third kappa shape index (κ3) is 3.45. The molecule has 5 nitrogen and oxygen atoms in total. The van der Waals surface area contributed by atoms with E-state index in [-0.39, 0.29) is 12.0 Å². The highest BCUT2D eigenvalue weighted by Gasteiger charge is 2.22. The van der Waals surface area contributed by atoms with Crippen molar-refractivity contribution in [1.29, 1.82) is 0 Å². The van der Waals surface area contributed by atoms with Crippen molar-refractivity contribution >= 4 is 11.6 Å². The second-order valence-corrected chi connectivity index (χ2v) is 4.58. The van der Waals surface area contributed by atoms with E-state index in [4.69, 9.17) is 15.2 Å². The van der Waals surface area contributed by atoms with E-state index >= 15 is 0 Å². The minimum absolute atomic E-state index is 0.113. The highest BCUT2D eigenvalue weighted by Crippen LogP contribution is 2.26. The van der Waals surface area contributed by atoms with Crippen LogP contribution in [0.25, 0.3) is 0 Å². The molecule has 1 aliphatic heterocycles. The molecular weight excluding hydrogens is 244 g/mol. The Morgan fingerprint density at radius 1 is 1.53 bits per heavy atom. The summed E-state index contributed by atoms with van der Waals surface area (Å²) in [5.74, 6) is 0.505. The number of hydrogen-bond donors (Lipinski definition) is 2. The number of rotatable bonds is 4. The van der Waals surface area contributed by atoms with Crippen LogP contribution in [0.4, 0.5) is 5.69 Å². The van der Waals surface area contributed by atoms with Crippen molar-refractivity contribution in [3.63, 3.8) is 0 Å². The molecule has 1 amide bonds. The van der Waals surface area contributed by atoms with Crippen LogP contribution in [0.2, 0.25) is 0 Å². The smallest absolute Gasteiger partial charge is 0.253 e. The number of carbonyl (C=O) groups is 1. The van der Waals surface area contributed by atoms with Crippen molar-refractivity contribution in [2.45, 2.75) is 31.9 Å². The SMILES string of the molecule is COc1cc(CN)ccc1NC(=O)C1CCCCO1. The molecular formula is C14H20N2O3. The Bertz CT molecular complexity index is 442. The average Bonchev–Trinajstić information content (AvgIpc) is 2.48. The van der Waals surface area contributed by atoms with Gasteiger partial charge in [0.15, 0.2) is 0 Å². The first-order valence-electron chi connectivity index (χ1n) is 6.54. The van der Waals surface area contributed by atoms with E-state index in [2.05, 4.69) is 5.32 Å². The highest BCUT2D eigenvalue weighted by molar-refractivity contribution is 5.95. The number of ether oxygens (including phenoxy) is 2. The van der Waals surface area contributed by atoms with E-state index in [9.17, 15) is 4.79 Å². The summed E-state index contributed by atoms with van der Waals surface area (Å²) in [4.78, 5) is 12.1. The number of methoxy groups -OCH3 is 1. The molecule has 19 heavy (non-hydrogen) atoms. The van der Waals surface area contributed by atoms with Gasteiger partial charge in [0, 0.05) is 13.2 Å². The number of carbonyl (C=O) groups excluding carboxylic acids is 1. The lowest BCUT2D eigenvalue weighted by Gasteiger charge is -2.22. The molecule has 1 aromatic carbocycles. The van der Waals surface area contributed by atoms with Gasteiger partial charge in [-0.2, -0.15) is 0 Å². The summed E-state index contributed by atoms with van der Waals surface area (Å²) in [6.45, 7) is 1.09. The molecule has 1 atom stereocenters. The van der Waals surface area contributed by atoms with Crippen molar-refractivity contribution < 1.29 is 14.3 Å². The van der Waals surface area contributed by atoms with Crippen LogP contribution in [0.5, 0.6) is 5.75 Å². The number of anilines is 1. The van der Waals surface area contributed by atoms with Crippen molar-refractivity contribution in [3.05, 3.63) is 23.8 Å². The molecule has 5 heteroatoms. The Kier molecular flexibility index (Phi) is 4.76. The molecule has 0 aliphatic carbocycles. The average molecular weight is 264 g/mol. The third-order valence-electron chi connectivity index (χ3n) is 3.23. The minimum atomic E-state index is -0.354. The van der Waals surface area contributed by atoms with Crippen LogP contribution in [0.15, 0.2) is 18.2 Å². The lowest BCUT2D eigenvalue weighted by atomic mass is 10.1. The molecule has 1 unspecified atom stereocenters. The van der Waals surface area contributed by atoms with E-state index in [0.29, 0.717) is 24.6 Å². The number of amides is 1. The maximum absolute atomic E-state index is 12.1. The van der Waals surface area contributed by atoms with Crippen LogP contribution in [-0.4, -0.2) is 25.7 Å². The van der Waals surface area contributed by atoms with Gasteiger partial charge in [0.2, 0.25) is 0 Å². The monoisotopic (exact) mass is 264 g/mol. The van der Waals surface area contributed by atoms with Gasteiger partial charge in [-0.05, 0) is 37.0 Å². The third-order valence-corrected chi connectivity index (χ3v) is 3.23. The van der Waals surface area contributed by atoms with Gasteiger partial charge in [-0.3, -0.25) is 4.79 Å². The zero-order valence-corrected chi connectivity index (χ0v) is 11.1. The first-order chi connectivity index (χ1) is 9.24. The minimum Gasteiger partial charge on any atom is -0.495 e. The van der Waals surface area contributed by atoms with Crippen molar-refractivity contribution in [2.75, 3.05) is 19.0 Å². The molecule has 3 N–H and O–H groups in total. The molecule has 0 saturated carbocycles. The molecule has 1 aliphatic rings. The first-order valence-corrected chi connectivity index (χ1v) is 6.54. The van der Waals surface area contributed by atoms with Gasteiger partial charge >= 0.3 is 0 Å². The van der Waals surface area contributed by atoms with Crippen LogP contribution in [0.1, 0.15) is 24.8 Å². The van der Waals surface area contributed by atoms with Crippen molar-refractivity contribution in [1.82, 2.24) is 0 Å². The predicted octanol–water partition coefficient (Wildman–Crippen LogP) is 1.66. The summed E-state index contributed by atoms with van der Waals surface area (Å²) in [6, 6.07) is 5.51. The largest absolute Gasteiger partial charge is 0.495 e. The Labute approximate surface area is 113 Å². The van der Waals surface area contributed by atoms with Crippen LogP contribution < -0.4 is 15.8 Å². The van der Waals surface area contributed by atoms with Crippen LogP contribution in [0, 0.1) is 0 Å². The molecule has 0 radical (unpaired) electrons. The Balaban J connectivity index is 2.07. The van der Waals surface area contributed by atoms with Crippen molar-refractivity contribution in [3.8, 4) is 5.75 Å². The van der Waals surface area contributed by atoms with E-state index in [1.807, 2.05) is 18.2 Å². The van der Waals surface area contributed by atoms with Crippen LogP contribution in [0.3, 0.4) is 0 Å². The highest BCUT2D eigenvalue weighted by atomic mass is 16.5. The topological polar surface area (TPSA) is 73.6 Å². The van der Waals surface area contributed by atoms with E-state index < -0.39 is 0 Å². The predicted molar refractivity (Wildman–Crippen MR) is 73.1 cm³/mol. The fraction of sp³-hybridized carbons (Fsp3) is 0.500. The summed E-state index contributed by atoms with van der Waals surface area (Å²) < 4.78 is 10.7. The van der Waals surface area contributed by atoms with E-state index in [1.54, 1.807) is 7.11 Å². The molecule has 0 spiro atoms. The molecule has 0 bridgehead atoms. The zero-order chi connectivity index (χ0) is 13.7. The molecule has 104 valence electrons. The molecule has 0 aromatic heterocycles. The Morgan fingerprint density at radius 3 is 3.00 bits per heavy atom. The fourth-order valence-corrected chi connectivity index (χ4v) is 2.13. The fourth-order valence-electron chi connectivity index (χ4n) is 2.13. The Hall–Kier alpha value is -1.59. The van der Waals surface area contributed by atoms with Gasteiger partial charge in [-0.15, -0.1) is 0 Å². The van der Waals surface area contributed by atoms with Crippen LogP contribution in [-0.2, 0) is 16.1 Å². The summed E-state index contributed by atoms with van der Waals surface area (Å²) in [6.07, 6.45) is 2.47. The number of nitrogens with one attached hydrogen (secondary N) is 1. The van der Waals surface area contributed by atoms with E-state index in [0.717, 1.165) is 24.8 Å². The second-order valence-electron chi connectivity index (χ2n) is 4.58. The molecule has 1 aromatic rings. The van der Waals surface area contributed by atoms with E-state index in [1.165, 1.54) is 0 Å². The lowest BCUT2D eigenvalue weighted by Crippen LogP contribution is -2.33. The quantitative estimate of drug-likeness (QED) is 0.867. The normalized spacial score (nSPS) is 18.9. The number of hydrogen-bond acceptors (Lipinski definition) is 4.